The smallest absolute Gasteiger partial charge is 0.146 e. The van der Waals surface area contributed by atoms with E-state index in [0.717, 1.165) is 31.5 Å². The van der Waals surface area contributed by atoms with Gasteiger partial charge in [-0.2, -0.15) is 0 Å². The van der Waals surface area contributed by atoms with Gasteiger partial charge < -0.3 is 15.1 Å². The van der Waals surface area contributed by atoms with Gasteiger partial charge in [0.05, 0.1) is 6.04 Å². The quantitative estimate of drug-likeness (QED) is 0.275. The Bertz CT molecular complexity index is 2360. The number of allylic oxidation sites excluding steroid dienone is 13. The molecule has 0 amide bonds. The Balaban J connectivity index is 0.975. The average Bonchev–Trinajstić information content (AvgIpc) is 3.75. The standard InChI is InChI=1S/C50H44N4/c1-3-13-33(14-4-1)34-23-25-35(26-24-34)44-32-49(52-50(51-44)36-15-5-2-6-16-36)54-47-22-12-9-19-42(47)43-30-37-27-28-39(29-38(37)31-48(43)54)53-45-20-10-7-17-40(45)41-18-8-11-21-46(41)53/h1-11,13-21,23-25,28-32,35,37,40,42,45,47,50-51H,12,22,26-27H2. The van der Waals surface area contributed by atoms with Crippen molar-refractivity contribution in [1.82, 2.24) is 10.2 Å². The molecule has 1 N–H and O–H groups in total. The highest BCUT2D eigenvalue weighted by Gasteiger charge is 2.46. The molecular weight excluding hydrogens is 657 g/mol. The van der Waals surface area contributed by atoms with E-state index in [1.54, 1.807) is 0 Å². The van der Waals surface area contributed by atoms with Gasteiger partial charge in [-0.3, -0.25) is 0 Å². The number of likely N-dealkylation sites (tertiary alicyclic amines) is 1. The molecule has 1 fully saturated rings. The first kappa shape index (κ1) is 31.6. The van der Waals surface area contributed by atoms with Crippen molar-refractivity contribution in [2.75, 3.05) is 4.90 Å². The lowest BCUT2D eigenvalue weighted by Crippen LogP contribution is -2.41. The SMILES string of the molecule is C1=CC2c3ccccc3N(C3=CCC4C=C5C(=CC4=C3)N(C3=NC(c4ccccc4)NC(C4C=CC(c6ccccc6)=CC4)=C3)C3CCC=CC53)C2C=C1. The van der Waals surface area contributed by atoms with E-state index in [0.29, 0.717) is 29.8 Å². The number of benzene rings is 3. The number of nitrogens with zero attached hydrogens (tertiary/aromatic N) is 3. The fraction of sp³-hybridized carbons (Fsp3) is 0.220. The fourth-order valence-corrected chi connectivity index (χ4v) is 10.1. The summed E-state index contributed by atoms with van der Waals surface area (Å²) in [6, 6.07) is 31.1. The summed E-state index contributed by atoms with van der Waals surface area (Å²) >= 11 is 0. The lowest BCUT2D eigenvalue weighted by molar-refractivity contribution is 0.354. The monoisotopic (exact) mass is 700 g/mol. The maximum absolute atomic E-state index is 5.55. The highest BCUT2D eigenvalue weighted by atomic mass is 15.3. The number of amidine groups is 1. The summed E-state index contributed by atoms with van der Waals surface area (Å²) in [6.07, 6.45) is 37.7. The Morgan fingerprint density at radius 3 is 2.39 bits per heavy atom. The molecule has 1 saturated heterocycles. The van der Waals surface area contributed by atoms with Crippen LogP contribution in [0.2, 0.25) is 0 Å². The molecule has 8 aliphatic rings. The lowest BCUT2D eigenvalue weighted by Gasteiger charge is -2.36. The topological polar surface area (TPSA) is 30.9 Å². The molecule has 4 nitrogen and oxygen atoms in total. The number of hydrogen-bond donors (Lipinski definition) is 1. The molecule has 5 aliphatic carbocycles. The normalized spacial score (nSPS) is 29.9. The summed E-state index contributed by atoms with van der Waals surface area (Å²) in [5.41, 5.74) is 13.3. The number of hydrogen-bond acceptors (Lipinski definition) is 4. The van der Waals surface area contributed by atoms with Gasteiger partial charge in [-0.15, -0.1) is 0 Å². The van der Waals surface area contributed by atoms with Gasteiger partial charge in [0.25, 0.3) is 0 Å². The number of nitrogens with one attached hydrogen (secondary N) is 1. The zero-order valence-corrected chi connectivity index (χ0v) is 30.4. The molecular formula is C50H44N4. The number of aliphatic imine (C=N–C) groups is 1. The molecule has 0 aromatic heterocycles. The minimum absolute atomic E-state index is 0.152. The highest BCUT2D eigenvalue weighted by molar-refractivity contribution is 5.97. The van der Waals surface area contributed by atoms with Crippen molar-refractivity contribution < 1.29 is 0 Å². The van der Waals surface area contributed by atoms with Crippen molar-refractivity contribution in [2.45, 2.75) is 49.9 Å². The lowest BCUT2D eigenvalue weighted by atomic mass is 9.79. The van der Waals surface area contributed by atoms with Crippen molar-refractivity contribution in [1.29, 1.82) is 0 Å². The fourth-order valence-electron chi connectivity index (χ4n) is 10.1. The van der Waals surface area contributed by atoms with Gasteiger partial charge in [0.15, 0.2) is 0 Å². The number of rotatable bonds is 4. The Labute approximate surface area is 318 Å². The van der Waals surface area contributed by atoms with E-state index in [1.807, 2.05) is 0 Å². The van der Waals surface area contributed by atoms with Crippen LogP contribution in [0.5, 0.6) is 0 Å². The molecule has 3 heterocycles. The van der Waals surface area contributed by atoms with Crippen LogP contribution in [0.4, 0.5) is 5.69 Å². The molecule has 0 radical (unpaired) electrons. The van der Waals surface area contributed by atoms with Crippen LogP contribution in [0.15, 0.2) is 203 Å². The van der Waals surface area contributed by atoms with Crippen LogP contribution < -0.4 is 10.2 Å². The first-order valence-electron chi connectivity index (χ1n) is 19.9. The van der Waals surface area contributed by atoms with Crippen LogP contribution in [-0.2, 0) is 0 Å². The summed E-state index contributed by atoms with van der Waals surface area (Å²) in [5.74, 6) is 2.47. The van der Waals surface area contributed by atoms with Crippen LogP contribution in [0.25, 0.3) is 5.57 Å². The third-order valence-corrected chi connectivity index (χ3v) is 12.7. The van der Waals surface area contributed by atoms with Crippen molar-refractivity contribution in [3.8, 4) is 0 Å². The van der Waals surface area contributed by atoms with E-state index in [-0.39, 0.29) is 12.1 Å². The number of anilines is 1. The first-order valence-corrected chi connectivity index (χ1v) is 19.9. The first-order chi connectivity index (χ1) is 26.8. The van der Waals surface area contributed by atoms with Gasteiger partial charge >= 0.3 is 0 Å². The molecule has 4 heteroatoms. The van der Waals surface area contributed by atoms with Gasteiger partial charge in [-0.1, -0.05) is 146 Å². The van der Waals surface area contributed by atoms with Gasteiger partial charge in [0, 0.05) is 58.6 Å². The Kier molecular flexibility index (Phi) is 7.57. The molecule has 3 aliphatic heterocycles. The van der Waals surface area contributed by atoms with Gasteiger partial charge in [-0.05, 0) is 77.3 Å². The maximum Gasteiger partial charge on any atom is 0.146 e. The summed E-state index contributed by atoms with van der Waals surface area (Å²) < 4.78 is 0. The largest absolute Gasteiger partial charge is 0.363 e. The van der Waals surface area contributed by atoms with Crippen molar-refractivity contribution in [2.24, 2.45) is 22.7 Å². The zero-order chi connectivity index (χ0) is 35.6. The molecule has 0 bridgehead atoms. The Morgan fingerprint density at radius 1 is 0.704 bits per heavy atom. The van der Waals surface area contributed by atoms with Gasteiger partial charge in [0.1, 0.15) is 12.0 Å². The molecule has 0 saturated carbocycles. The van der Waals surface area contributed by atoms with Crippen LogP contribution in [-0.4, -0.2) is 22.8 Å². The van der Waals surface area contributed by atoms with Gasteiger partial charge in [0.2, 0.25) is 0 Å². The third kappa shape index (κ3) is 5.22. The summed E-state index contributed by atoms with van der Waals surface area (Å²) in [5, 5.41) is 3.89. The van der Waals surface area contributed by atoms with E-state index in [9.17, 15) is 0 Å². The second kappa shape index (κ2) is 12.9. The number of para-hydroxylation sites is 1. The second-order valence-electron chi connectivity index (χ2n) is 15.7. The predicted molar refractivity (Wildman–Crippen MR) is 221 cm³/mol. The van der Waals surface area contributed by atoms with E-state index >= 15 is 0 Å². The minimum atomic E-state index is -0.152. The van der Waals surface area contributed by atoms with Crippen molar-refractivity contribution >= 4 is 17.1 Å². The van der Waals surface area contributed by atoms with Crippen LogP contribution >= 0.6 is 0 Å². The third-order valence-electron chi connectivity index (χ3n) is 12.7. The zero-order valence-electron chi connectivity index (χ0n) is 30.4. The van der Waals surface area contributed by atoms with Gasteiger partial charge in [-0.25, -0.2) is 4.99 Å². The van der Waals surface area contributed by atoms with Crippen LogP contribution in [0.1, 0.15) is 54.5 Å². The Morgan fingerprint density at radius 2 is 1.52 bits per heavy atom. The Hall–Kier alpha value is -5.87. The molecule has 54 heavy (non-hydrogen) atoms. The molecule has 0 spiro atoms. The molecule has 264 valence electrons. The number of fused-ring (bicyclic) bond motifs is 7. The second-order valence-corrected chi connectivity index (χ2v) is 15.7. The van der Waals surface area contributed by atoms with E-state index in [2.05, 4.69) is 185 Å². The molecule has 11 rings (SSSR count). The molecule has 3 aromatic rings. The van der Waals surface area contributed by atoms with E-state index in [4.69, 9.17) is 4.99 Å². The molecule has 7 unspecified atom stereocenters. The van der Waals surface area contributed by atoms with E-state index < -0.39 is 0 Å². The summed E-state index contributed by atoms with van der Waals surface area (Å²) in [6.45, 7) is 0. The predicted octanol–water partition coefficient (Wildman–Crippen LogP) is 10.6. The average molecular weight is 701 g/mol. The van der Waals surface area contributed by atoms with Crippen LogP contribution in [0.3, 0.4) is 0 Å². The minimum Gasteiger partial charge on any atom is -0.363 e. The molecule has 3 aromatic carbocycles. The molecule has 7 atom stereocenters. The summed E-state index contributed by atoms with van der Waals surface area (Å²) in [4.78, 5) is 10.8. The summed E-state index contributed by atoms with van der Waals surface area (Å²) in [7, 11) is 0. The highest BCUT2D eigenvalue weighted by Crippen LogP contribution is 2.51. The van der Waals surface area contributed by atoms with Crippen molar-refractivity contribution in [3.05, 3.63) is 215 Å². The van der Waals surface area contributed by atoms with Crippen molar-refractivity contribution in [3.63, 3.8) is 0 Å². The van der Waals surface area contributed by atoms with Crippen LogP contribution in [0, 0.1) is 17.8 Å². The van der Waals surface area contributed by atoms with E-state index in [1.165, 1.54) is 56.2 Å². The maximum atomic E-state index is 5.55.